The number of sulfone groups is 1. The van der Waals surface area contributed by atoms with Crippen LogP contribution in [0.25, 0.3) is 0 Å². The molecule has 0 radical (unpaired) electrons. The standard InChI is InChI=1S/C24H31N5O3S/c25-23(26)19-7-6-18-14-22(24(30)28-16-17-8-10-27-11-9-17)29(21(18)15-19)12-13-33(31,32)20-4-2-1-3-5-20/h1-7,15,17,22,27H,8-14,16H2,(H3,25,26)(H,28,30). The number of rotatable bonds is 8. The van der Waals surface area contributed by atoms with Crippen LogP contribution in [-0.4, -0.2) is 58.1 Å². The Kier molecular flexibility index (Phi) is 6.99. The summed E-state index contributed by atoms with van der Waals surface area (Å²) < 4.78 is 25.8. The normalized spacial score (nSPS) is 18.7. The van der Waals surface area contributed by atoms with Crippen LogP contribution in [0.15, 0.2) is 53.4 Å². The highest BCUT2D eigenvalue weighted by Gasteiger charge is 2.35. The Hall–Kier alpha value is -2.91. The van der Waals surface area contributed by atoms with Crippen LogP contribution in [0.2, 0.25) is 0 Å². The lowest BCUT2D eigenvalue weighted by Crippen LogP contribution is -2.48. The van der Waals surface area contributed by atoms with Crippen molar-refractivity contribution in [2.75, 3.05) is 36.8 Å². The van der Waals surface area contributed by atoms with Crippen molar-refractivity contribution in [1.82, 2.24) is 10.6 Å². The van der Waals surface area contributed by atoms with Gasteiger partial charge in [0.05, 0.1) is 10.6 Å². The van der Waals surface area contributed by atoms with Gasteiger partial charge >= 0.3 is 0 Å². The van der Waals surface area contributed by atoms with E-state index in [2.05, 4.69) is 10.6 Å². The largest absolute Gasteiger partial charge is 0.384 e. The summed E-state index contributed by atoms with van der Waals surface area (Å²) in [5.74, 6) is 0.189. The van der Waals surface area contributed by atoms with Gasteiger partial charge in [-0.25, -0.2) is 8.42 Å². The molecule has 8 nitrogen and oxygen atoms in total. The van der Waals surface area contributed by atoms with Crippen LogP contribution in [0.3, 0.4) is 0 Å². The lowest BCUT2D eigenvalue weighted by Gasteiger charge is -2.28. The third kappa shape index (κ3) is 5.36. The molecular weight excluding hydrogens is 438 g/mol. The van der Waals surface area contributed by atoms with Crippen LogP contribution < -0.4 is 21.3 Å². The Morgan fingerprint density at radius 1 is 1.15 bits per heavy atom. The van der Waals surface area contributed by atoms with Crippen LogP contribution in [0, 0.1) is 11.3 Å². The van der Waals surface area contributed by atoms with E-state index < -0.39 is 15.9 Å². The lowest BCUT2D eigenvalue weighted by molar-refractivity contribution is -0.122. The number of carbonyl (C=O) groups excluding carboxylic acids is 1. The molecule has 2 aromatic rings. The Morgan fingerprint density at radius 2 is 1.88 bits per heavy atom. The van der Waals surface area contributed by atoms with E-state index in [0.29, 0.717) is 24.4 Å². The fraction of sp³-hybridized carbons (Fsp3) is 0.417. The first-order valence-corrected chi connectivity index (χ1v) is 13.0. The number of benzene rings is 2. The van der Waals surface area contributed by atoms with Gasteiger partial charge in [0.1, 0.15) is 11.9 Å². The third-order valence-electron chi connectivity index (χ3n) is 6.52. The minimum absolute atomic E-state index is 0.0616. The van der Waals surface area contributed by atoms with E-state index in [-0.39, 0.29) is 28.9 Å². The predicted molar refractivity (Wildman–Crippen MR) is 129 cm³/mol. The average molecular weight is 470 g/mol. The summed E-state index contributed by atoms with van der Waals surface area (Å²) in [6.45, 7) is 2.73. The van der Waals surface area contributed by atoms with Gasteiger partial charge in [0.15, 0.2) is 9.84 Å². The van der Waals surface area contributed by atoms with Crippen LogP contribution in [-0.2, 0) is 21.1 Å². The molecule has 0 aliphatic carbocycles. The van der Waals surface area contributed by atoms with Crippen molar-refractivity contribution >= 4 is 27.3 Å². The van der Waals surface area contributed by atoms with Crippen LogP contribution in [0.4, 0.5) is 5.69 Å². The number of carbonyl (C=O) groups is 1. The molecule has 2 aliphatic heterocycles. The van der Waals surface area contributed by atoms with Gasteiger partial charge in [-0.1, -0.05) is 30.3 Å². The van der Waals surface area contributed by atoms with E-state index in [0.717, 1.165) is 37.2 Å². The van der Waals surface area contributed by atoms with E-state index in [1.807, 2.05) is 11.0 Å². The van der Waals surface area contributed by atoms with Crippen molar-refractivity contribution in [3.63, 3.8) is 0 Å². The SMILES string of the molecule is N=C(N)c1ccc2c(c1)N(CCS(=O)(=O)c1ccccc1)C(C(=O)NCC1CCNCC1)C2. The zero-order chi connectivity index (χ0) is 23.4. The molecule has 2 aromatic carbocycles. The Morgan fingerprint density at radius 3 is 2.58 bits per heavy atom. The maximum atomic E-state index is 13.2. The Labute approximate surface area is 195 Å². The molecule has 176 valence electrons. The number of nitrogens with one attached hydrogen (secondary N) is 3. The highest BCUT2D eigenvalue weighted by Crippen LogP contribution is 2.33. The summed E-state index contributed by atoms with van der Waals surface area (Å²) in [7, 11) is -3.50. The second kappa shape index (κ2) is 9.93. The number of amidine groups is 1. The monoisotopic (exact) mass is 469 g/mol. The zero-order valence-electron chi connectivity index (χ0n) is 18.6. The molecule has 1 amide bonds. The van der Waals surface area contributed by atoms with Gasteiger partial charge in [0, 0.05) is 30.8 Å². The number of nitrogens with zero attached hydrogens (tertiary/aromatic N) is 1. The van der Waals surface area contributed by atoms with Crippen LogP contribution >= 0.6 is 0 Å². The first kappa shape index (κ1) is 23.3. The smallest absolute Gasteiger partial charge is 0.243 e. The minimum atomic E-state index is -3.50. The minimum Gasteiger partial charge on any atom is -0.384 e. The van der Waals surface area contributed by atoms with E-state index in [1.165, 1.54) is 0 Å². The maximum Gasteiger partial charge on any atom is 0.243 e. The van der Waals surface area contributed by atoms with E-state index in [9.17, 15) is 13.2 Å². The molecule has 1 saturated heterocycles. The molecule has 0 bridgehead atoms. The molecule has 5 N–H and O–H groups in total. The molecule has 1 atom stereocenters. The zero-order valence-corrected chi connectivity index (χ0v) is 19.4. The number of amides is 1. The fourth-order valence-corrected chi connectivity index (χ4v) is 5.83. The van der Waals surface area contributed by atoms with Gasteiger partial charge in [-0.2, -0.15) is 0 Å². The maximum absolute atomic E-state index is 13.2. The van der Waals surface area contributed by atoms with E-state index >= 15 is 0 Å². The topological polar surface area (TPSA) is 128 Å². The first-order valence-electron chi connectivity index (χ1n) is 11.4. The van der Waals surface area contributed by atoms with Gasteiger partial charge < -0.3 is 21.3 Å². The van der Waals surface area contributed by atoms with E-state index in [1.54, 1.807) is 42.5 Å². The molecule has 1 unspecified atom stereocenters. The lowest BCUT2D eigenvalue weighted by atomic mass is 9.98. The van der Waals surface area contributed by atoms with Crippen molar-refractivity contribution < 1.29 is 13.2 Å². The van der Waals surface area contributed by atoms with Crippen molar-refractivity contribution in [2.24, 2.45) is 11.7 Å². The second-order valence-corrected chi connectivity index (χ2v) is 10.9. The molecule has 2 heterocycles. The Bertz CT molecular complexity index is 1110. The predicted octanol–water partition coefficient (Wildman–Crippen LogP) is 1.29. The molecule has 9 heteroatoms. The fourth-order valence-electron chi connectivity index (χ4n) is 4.58. The molecule has 33 heavy (non-hydrogen) atoms. The van der Waals surface area contributed by atoms with E-state index in [4.69, 9.17) is 11.1 Å². The van der Waals surface area contributed by atoms with Crippen molar-refractivity contribution in [3.05, 3.63) is 59.7 Å². The number of nitrogens with two attached hydrogens (primary N) is 1. The molecule has 2 aliphatic rings. The van der Waals surface area contributed by atoms with Gasteiger partial charge in [0.2, 0.25) is 5.91 Å². The van der Waals surface area contributed by atoms with Gasteiger partial charge in [-0.3, -0.25) is 10.2 Å². The second-order valence-electron chi connectivity index (χ2n) is 8.74. The first-order chi connectivity index (χ1) is 15.8. The van der Waals surface area contributed by atoms with Gasteiger partial charge in [-0.05, 0) is 55.6 Å². The Balaban J connectivity index is 1.53. The number of piperidine rings is 1. The summed E-state index contributed by atoms with van der Waals surface area (Å²) in [5, 5.41) is 14.2. The average Bonchev–Trinajstić information content (AvgIpc) is 3.20. The van der Waals surface area contributed by atoms with Gasteiger partial charge in [0.25, 0.3) is 0 Å². The number of hydrogen-bond acceptors (Lipinski definition) is 6. The number of nitrogen functional groups attached to an aromatic ring is 1. The third-order valence-corrected chi connectivity index (χ3v) is 8.24. The highest BCUT2D eigenvalue weighted by atomic mass is 32.2. The molecule has 0 aromatic heterocycles. The quantitative estimate of drug-likeness (QED) is 0.341. The number of hydrogen-bond donors (Lipinski definition) is 4. The summed E-state index contributed by atoms with van der Waals surface area (Å²) in [6, 6.07) is 13.3. The molecule has 0 saturated carbocycles. The summed E-state index contributed by atoms with van der Waals surface area (Å²) in [4.78, 5) is 15.3. The van der Waals surface area contributed by atoms with Crippen molar-refractivity contribution in [1.29, 1.82) is 5.41 Å². The highest BCUT2D eigenvalue weighted by molar-refractivity contribution is 7.91. The summed E-state index contributed by atoms with van der Waals surface area (Å²) in [6.07, 6.45) is 2.56. The van der Waals surface area contributed by atoms with Crippen molar-refractivity contribution in [3.8, 4) is 0 Å². The summed E-state index contributed by atoms with van der Waals surface area (Å²) in [5.41, 5.74) is 7.97. The van der Waals surface area contributed by atoms with Gasteiger partial charge in [-0.15, -0.1) is 0 Å². The number of fused-ring (bicyclic) bond motifs is 1. The molecule has 4 rings (SSSR count). The van der Waals surface area contributed by atoms with Crippen LogP contribution in [0.5, 0.6) is 0 Å². The number of anilines is 1. The van der Waals surface area contributed by atoms with Crippen LogP contribution in [0.1, 0.15) is 24.0 Å². The van der Waals surface area contributed by atoms with Crippen molar-refractivity contribution in [2.45, 2.75) is 30.2 Å². The molecule has 1 fully saturated rings. The summed E-state index contributed by atoms with van der Waals surface area (Å²) >= 11 is 0. The molecule has 0 spiro atoms. The molecular formula is C24H31N5O3S.